The van der Waals surface area contributed by atoms with Gasteiger partial charge < -0.3 is 19.5 Å². The van der Waals surface area contributed by atoms with E-state index >= 15 is 0 Å². The van der Waals surface area contributed by atoms with Crippen LogP contribution >= 0.6 is 7.60 Å². The molecule has 0 fully saturated rings. The molecule has 0 spiro atoms. The summed E-state index contributed by atoms with van der Waals surface area (Å²) in [6.45, 7) is 3.65. The number of hydrogen-bond donors (Lipinski definition) is 2. The number of carbonyl (C=O) groups excluding carboxylic acids is 1. The second kappa shape index (κ2) is 9.75. The number of rotatable bonds is 8. The van der Waals surface area contributed by atoms with E-state index in [2.05, 4.69) is 5.32 Å². The number of aromatic hydroxyl groups is 1. The van der Waals surface area contributed by atoms with Crippen LogP contribution < -0.4 is 5.32 Å². The minimum atomic E-state index is -3.91. The number of hydrogen-bond acceptors (Lipinski definition) is 5. The summed E-state index contributed by atoms with van der Waals surface area (Å²) in [5.41, 5.74) is -0.464. The first-order valence-corrected chi connectivity index (χ1v) is 12.5. The predicted molar refractivity (Wildman–Crippen MR) is 132 cm³/mol. The number of carbonyl (C=O) groups is 1. The highest BCUT2D eigenvalue weighted by Gasteiger charge is 2.43. The summed E-state index contributed by atoms with van der Waals surface area (Å²) in [6.07, 6.45) is 0. The van der Waals surface area contributed by atoms with E-state index in [4.69, 9.17) is 9.05 Å². The van der Waals surface area contributed by atoms with Crippen LogP contribution in [-0.4, -0.2) is 24.2 Å². The van der Waals surface area contributed by atoms with Crippen LogP contribution in [0.1, 0.15) is 25.1 Å². The third-order valence-corrected chi connectivity index (χ3v) is 7.80. The van der Waals surface area contributed by atoms with Gasteiger partial charge >= 0.3 is 7.60 Å². The van der Waals surface area contributed by atoms with Crippen molar-refractivity contribution in [2.45, 2.75) is 19.5 Å². The smallest absolute Gasteiger partial charge is 0.347 e. The van der Waals surface area contributed by atoms with Crippen molar-refractivity contribution >= 4 is 40.7 Å². The van der Waals surface area contributed by atoms with Crippen LogP contribution in [0.4, 0.5) is 5.69 Å². The minimum Gasteiger partial charge on any atom is -0.506 e. The van der Waals surface area contributed by atoms with Gasteiger partial charge in [0.1, 0.15) is 5.75 Å². The van der Waals surface area contributed by atoms with Crippen molar-refractivity contribution in [3.05, 3.63) is 84.4 Å². The summed E-state index contributed by atoms with van der Waals surface area (Å²) < 4.78 is 25.1. The molecule has 1 amide bonds. The summed E-state index contributed by atoms with van der Waals surface area (Å²) in [4.78, 5) is 13.7. The van der Waals surface area contributed by atoms with Crippen molar-refractivity contribution in [2.24, 2.45) is 0 Å². The monoisotopic (exact) mass is 463 g/mol. The molecular weight excluding hydrogens is 437 g/mol. The van der Waals surface area contributed by atoms with Gasteiger partial charge in [0.15, 0.2) is 5.66 Å². The Morgan fingerprint density at radius 3 is 2.12 bits per heavy atom. The largest absolute Gasteiger partial charge is 0.506 e. The number of nitrogens with one attached hydrogen (secondary N) is 1. The summed E-state index contributed by atoms with van der Waals surface area (Å²) in [5.74, 6) is -0.663. The molecule has 6 nitrogen and oxygen atoms in total. The minimum absolute atomic E-state index is 0.0821. The Kier molecular flexibility index (Phi) is 6.80. The zero-order valence-corrected chi connectivity index (χ0v) is 19.4. The third-order valence-electron chi connectivity index (χ3n) is 5.42. The second-order valence-corrected chi connectivity index (χ2v) is 9.66. The first kappa shape index (κ1) is 23.0. The van der Waals surface area contributed by atoms with Crippen LogP contribution in [0.2, 0.25) is 0 Å². The lowest BCUT2D eigenvalue weighted by Crippen LogP contribution is -2.23. The molecule has 0 saturated heterocycles. The van der Waals surface area contributed by atoms with Gasteiger partial charge in [-0.1, -0.05) is 66.7 Å². The number of phenolic OH excluding ortho intramolecular Hbond substituents is 1. The number of fused-ring (bicyclic) bond motifs is 2. The van der Waals surface area contributed by atoms with Crippen molar-refractivity contribution in [1.29, 1.82) is 0 Å². The van der Waals surface area contributed by atoms with Crippen LogP contribution in [0, 0.1) is 0 Å². The first-order valence-electron chi connectivity index (χ1n) is 10.9. The molecule has 0 heterocycles. The van der Waals surface area contributed by atoms with Gasteiger partial charge in [0.2, 0.25) is 5.91 Å². The second-order valence-electron chi connectivity index (χ2n) is 7.55. The molecule has 2 N–H and O–H groups in total. The Morgan fingerprint density at radius 2 is 1.45 bits per heavy atom. The molecule has 4 aromatic rings. The third kappa shape index (κ3) is 4.64. The van der Waals surface area contributed by atoms with Gasteiger partial charge in [-0.15, -0.1) is 0 Å². The number of phenols is 1. The number of benzene rings is 4. The molecule has 0 aromatic heterocycles. The zero-order valence-electron chi connectivity index (χ0n) is 18.5. The molecule has 4 aromatic carbocycles. The summed E-state index contributed by atoms with van der Waals surface area (Å²) in [6, 6.07) is 23.9. The summed E-state index contributed by atoms with van der Waals surface area (Å²) in [5, 5.41) is 16.7. The Bertz CT molecular complexity index is 1340. The molecule has 170 valence electrons. The normalized spacial score (nSPS) is 12.7. The fourth-order valence-corrected chi connectivity index (χ4v) is 6.03. The molecular formula is C26H26NO5P. The Balaban J connectivity index is 1.83. The maximum Gasteiger partial charge on any atom is 0.347 e. The van der Waals surface area contributed by atoms with Crippen LogP contribution in [0.3, 0.4) is 0 Å². The molecule has 0 aliphatic carbocycles. The van der Waals surface area contributed by atoms with E-state index in [1.165, 1.54) is 0 Å². The summed E-state index contributed by atoms with van der Waals surface area (Å²) in [7, 11) is -3.91. The fourth-order valence-electron chi connectivity index (χ4n) is 4.02. The fraction of sp³-hybridized carbons (Fsp3) is 0.192. The molecule has 0 saturated carbocycles. The Labute approximate surface area is 192 Å². The predicted octanol–water partition coefficient (Wildman–Crippen LogP) is 6.64. The van der Waals surface area contributed by atoms with Crippen molar-refractivity contribution in [3.8, 4) is 5.75 Å². The van der Waals surface area contributed by atoms with Crippen molar-refractivity contribution in [3.63, 3.8) is 0 Å². The standard InChI is InChI=1S/C26H26NO5P/c1-3-31-33(30,32-4-2)25(22-15-9-13-18-10-7-8-14-21(18)22)26(29)27-23-16-19-11-5-6-12-20(19)17-24(23)28/h5-17,25,28H,3-4H2,1-2H3,(H,27,29). The highest BCUT2D eigenvalue weighted by Crippen LogP contribution is 2.62. The van der Waals surface area contributed by atoms with E-state index in [0.717, 1.165) is 21.5 Å². The molecule has 0 aliphatic rings. The van der Waals surface area contributed by atoms with Gasteiger partial charge in [0.25, 0.3) is 0 Å². The molecule has 1 unspecified atom stereocenters. The zero-order chi connectivity index (χ0) is 23.4. The van der Waals surface area contributed by atoms with Gasteiger partial charge in [-0.05, 0) is 53.1 Å². The molecule has 0 aliphatic heterocycles. The van der Waals surface area contributed by atoms with E-state index in [0.29, 0.717) is 5.56 Å². The molecule has 4 rings (SSSR count). The van der Waals surface area contributed by atoms with Crippen LogP contribution in [0.15, 0.2) is 78.9 Å². The molecule has 0 radical (unpaired) electrons. The van der Waals surface area contributed by atoms with E-state index in [1.54, 1.807) is 32.0 Å². The molecule has 0 bridgehead atoms. The van der Waals surface area contributed by atoms with E-state index in [9.17, 15) is 14.5 Å². The van der Waals surface area contributed by atoms with E-state index in [1.807, 2.05) is 60.7 Å². The van der Waals surface area contributed by atoms with Gasteiger partial charge in [-0.3, -0.25) is 9.36 Å². The lowest BCUT2D eigenvalue weighted by Gasteiger charge is -2.27. The molecule has 33 heavy (non-hydrogen) atoms. The highest BCUT2D eigenvalue weighted by atomic mass is 31.2. The number of amides is 1. The van der Waals surface area contributed by atoms with E-state index in [-0.39, 0.29) is 24.7 Å². The average molecular weight is 463 g/mol. The van der Waals surface area contributed by atoms with Crippen molar-refractivity contribution in [2.75, 3.05) is 18.5 Å². The lowest BCUT2D eigenvalue weighted by molar-refractivity contribution is -0.116. The van der Waals surface area contributed by atoms with Crippen LogP contribution in [0.25, 0.3) is 21.5 Å². The van der Waals surface area contributed by atoms with Gasteiger partial charge in [0, 0.05) is 0 Å². The van der Waals surface area contributed by atoms with Crippen LogP contribution in [0.5, 0.6) is 5.75 Å². The lowest BCUT2D eigenvalue weighted by atomic mass is 10.0. The van der Waals surface area contributed by atoms with Gasteiger partial charge in [0.05, 0.1) is 18.9 Å². The quantitative estimate of drug-likeness (QED) is 0.226. The van der Waals surface area contributed by atoms with E-state index < -0.39 is 19.2 Å². The maximum absolute atomic E-state index is 13.9. The molecule has 7 heteroatoms. The van der Waals surface area contributed by atoms with Gasteiger partial charge in [-0.2, -0.15) is 0 Å². The van der Waals surface area contributed by atoms with Gasteiger partial charge in [-0.25, -0.2) is 0 Å². The Hall–Kier alpha value is -3.18. The topological polar surface area (TPSA) is 84.9 Å². The maximum atomic E-state index is 13.9. The SMILES string of the molecule is CCOP(=O)(OCC)C(C(=O)Nc1cc2ccccc2cc1O)c1cccc2ccccc12. The number of anilines is 1. The first-order chi connectivity index (χ1) is 16.0. The Morgan fingerprint density at radius 1 is 0.879 bits per heavy atom. The van der Waals surface area contributed by atoms with Crippen molar-refractivity contribution < 1.29 is 23.5 Å². The highest BCUT2D eigenvalue weighted by molar-refractivity contribution is 7.55. The van der Waals surface area contributed by atoms with Crippen molar-refractivity contribution in [1.82, 2.24) is 0 Å². The van der Waals surface area contributed by atoms with Crippen LogP contribution in [-0.2, 0) is 18.4 Å². The average Bonchev–Trinajstić information content (AvgIpc) is 2.80. The summed E-state index contributed by atoms with van der Waals surface area (Å²) >= 11 is 0. The molecule has 1 atom stereocenters.